The molecule has 0 radical (unpaired) electrons. The number of rotatable bonds is 6. The minimum atomic E-state index is -0.527. The van der Waals surface area contributed by atoms with E-state index in [1.165, 1.54) is 106 Å². The summed E-state index contributed by atoms with van der Waals surface area (Å²) < 4.78 is 0. The van der Waals surface area contributed by atoms with Crippen LogP contribution in [0.3, 0.4) is 0 Å². The molecule has 0 fully saturated rings. The number of anilines is 3. The Kier molecular flexibility index (Phi) is 8.36. The molecule has 4 aliphatic carbocycles. The third-order valence-electron chi connectivity index (χ3n) is 16.3. The van der Waals surface area contributed by atoms with E-state index >= 15 is 0 Å². The average Bonchev–Trinajstić information content (AvgIpc) is 4.10. The van der Waals surface area contributed by atoms with Crippen molar-refractivity contribution >= 4 is 17.1 Å². The summed E-state index contributed by atoms with van der Waals surface area (Å²) in [5, 5.41) is 0. The first-order chi connectivity index (χ1) is 33.5. The van der Waals surface area contributed by atoms with Gasteiger partial charge in [0.2, 0.25) is 0 Å². The number of fused-ring (bicyclic) bond motifs is 13. The molecule has 0 amide bonds. The van der Waals surface area contributed by atoms with Crippen molar-refractivity contribution in [2.75, 3.05) is 4.90 Å². The lowest BCUT2D eigenvalue weighted by atomic mass is 9.68. The van der Waals surface area contributed by atoms with E-state index in [0.717, 1.165) is 24.2 Å². The van der Waals surface area contributed by atoms with Crippen molar-refractivity contribution in [3.63, 3.8) is 0 Å². The van der Waals surface area contributed by atoms with E-state index in [2.05, 4.69) is 255 Å². The summed E-state index contributed by atoms with van der Waals surface area (Å²) in [5.41, 5.74) is 26.6. The van der Waals surface area contributed by atoms with Gasteiger partial charge in [-0.2, -0.15) is 0 Å². The lowest BCUT2D eigenvalue weighted by Gasteiger charge is -2.35. The van der Waals surface area contributed by atoms with Crippen molar-refractivity contribution in [1.29, 1.82) is 0 Å². The fourth-order valence-electron chi connectivity index (χ4n) is 13.7. The van der Waals surface area contributed by atoms with Gasteiger partial charge < -0.3 is 4.90 Å². The Bertz CT molecular complexity index is 3630. The van der Waals surface area contributed by atoms with Crippen molar-refractivity contribution in [2.45, 2.75) is 42.9 Å². The predicted octanol–water partition coefficient (Wildman–Crippen LogP) is 16.8. The summed E-state index contributed by atoms with van der Waals surface area (Å²) in [6, 6.07) is 89.6. The highest BCUT2D eigenvalue weighted by atomic mass is 15.1. The van der Waals surface area contributed by atoms with Crippen molar-refractivity contribution in [3.8, 4) is 44.5 Å². The van der Waals surface area contributed by atoms with Crippen LogP contribution in [0.25, 0.3) is 44.5 Å². The molecule has 1 heteroatoms. The molecule has 0 N–H and O–H groups in total. The summed E-state index contributed by atoms with van der Waals surface area (Å²) in [6.45, 7) is 4.79. The molecule has 1 unspecified atom stereocenters. The highest BCUT2D eigenvalue weighted by molar-refractivity contribution is 5.99. The molecular weight excluding hydrogens is 819 g/mol. The lowest BCUT2D eigenvalue weighted by molar-refractivity contribution is 0.626. The number of nitrogens with zero attached hydrogens (tertiary/aromatic N) is 1. The minimum absolute atomic E-state index is 0.152. The lowest BCUT2D eigenvalue weighted by Crippen LogP contribution is -2.28. The first-order valence-electron chi connectivity index (χ1n) is 24.3. The highest BCUT2D eigenvalue weighted by Gasteiger charge is 2.50. The van der Waals surface area contributed by atoms with Crippen molar-refractivity contribution in [3.05, 3.63) is 292 Å². The second-order valence-electron chi connectivity index (χ2n) is 19.8. The maximum Gasteiger partial charge on any atom is 0.0714 e. The number of hydrogen-bond acceptors (Lipinski definition) is 1. The van der Waals surface area contributed by atoms with Crippen LogP contribution >= 0.6 is 0 Å². The van der Waals surface area contributed by atoms with Gasteiger partial charge in [0.15, 0.2) is 0 Å². The Morgan fingerprint density at radius 1 is 0.368 bits per heavy atom. The van der Waals surface area contributed by atoms with Crippen LogP contribution in [0.5, 0.6) is 0 Å². The Morgan fingerprint density at radius 3 is 1.68 bits per heavy atom. The molecule has 10 aromatic rings. The number of benzene rings is 10. The molecule has 4 aliphatic rings. The van der Waals surface area contributed by atoms with Gasteiger partial charge in [-0.25, -0.2) is 0 Å². The van der Waals surface area contributed by atoms with Gasteiger partial charge in [0.05, 0.1) is 11.1 Å². The van der Waals surface area contributed by atoms with Crippen LogP contribution in [0.1, 0.15) is 75.9 Å². The first kappa shape index (κ1) is 39.2. The van der Waals surface area contributed by atoms with E-state index in [4.69, 9.17) is 0 Å². The van der Waals surface area contributed by atoms with Crippen LogP contribution < -0.4 is 4.90 Å². The van der Waals surface area contributed by atoms with Gasteiger partial charge in [0, 0.05) is 27.8 Å². The van der Waals surface area contributed by atoms with Crippen LogP contribution in [0.2, 0.25) is 0 Å². The molecule has 68 heavy (non-hydrogen) atoms. The van der Waals surface area contributed by atoms with Crippen molar-refractivity contribution in [2.24, 2.45) is 0 Å². The molecule has 14 rings (SSSR count). The van der Waals surface area contributed by atoms with Crippen LogP contribution in [0.4, 0.5) is 17.1 Å². The Labute approximate surface area is 399 Å². The van der Waals surface area contributed by atoms with Crippen molar-refractivity contribution < 1.29 is 0 Å². The molecule has 10 aromatic carbocycles. The molecular formula is C67H49N. The molecule has 0 bridgehead atoms. The third-order valence-corrected chi connectivity index (χ3v) is 16.3. The standard InChI is InChI=1S/C67H49N/c1-65(2)57-33-14-10-28-52(57)54-31-18-30-50(64(54)65)45-21-17-26-48(42-45)68(49-38-39-53-51-27-11-15-34-58(51)66(61(53)43-49)41-40-44-20-9-13-32-56(44)66)62-37-19-36-60-63(62)55-29-12-16-35-59(55)67(60,46-22-5-3-6-23-46)47-24-7-4-8-25-47/h3-39,42-43H,40-41H2,1-2H3. The molecule has 0 saturated carbocycles. The monoisotopic (exact) mass is 867 g/mol. The first-order valence-corrected chi connectivity index (χ1v) is 24.3. The van der Waals surface area contributed by atoms with Gasteiger partial charge in [0.25, 0.3) is 0 Å². The highest BCUT2D eigenvalue weighted by Crippen LogP contribution is 2.62. The molecule has 0 heterocycles. The van der Waals surface area contributed by atoms with Crippen LogP contribution in [-0.4, -0.2) is 0 Å². The van der Waals surface area contributed by atoms with Crippen molar-refractivity contribution in [1.82, 2.24) is 0 Å². The quantitative estimate of drug-likeness (QED) is 0.161. The molecule has 1 spiro atoms. The van der Waals surface area contributed by atoms with Gasteiger partial charge in [0.1, 0.15) is 0 Å². The molecule has 1 nitrogen and oxygen atoms in total. The second kappa shape index (κ2) is 14.5. The van der Waals surface area contributed by atoms with E-state index in [-0.39, 0.29) is 10.8 Å². The number of hydrogen-bond donors (Lipinski definition) is 0. The Morgan fingerprint density at radius 2 is 0.912 bits per heavy atom. The zero-order valence-electron chi connectivity index (χ0n) is 38.4. The van der Waals surface area contributed by atoms with Crippen LogP contribution in [-0.2, 0) is 22.7 Å². The molecule has 0 aliphatic heterocycles. The van der Waals surface area contributed by atoms with Gasteiger partial charge in [-0.3, -0.25) is 0 Å². The largest absolute Gasteiger partial charge is 0.310 e. The van der Waals surface area contributed by atoms with E-state index in [1.54, 1.807) is 0 Å². The van der Waals surface area contributed by atoms with E-state index < -0.39 is 5.41 Å². The van der Waals surface area contributed by atoms with Gasteiger partial charge in [-0.1, -0.05) is 220 Å². The minimum Gasteiger partial charge on any atom is -0.310 e. The topological polar surface area (TPSA) is 3.24 Å². The maximum absolute atomic E-state index is 2.59. The van der Waals surface area contributed by atoms with Gasteiger partial charge in [-0.15, -0.1) is 0 Å². The van der Waals surface area contributed by atoms with Crippen LogP contribution in [0, 0.1) is 0 Å². The third kappa shape index (κ3) is 5.17. The van der Waals surface area contributed by atoms with Crippen LogP contribution in [0.15, 0.2) is 237 Å². The molecule has 0 aromatic heterocycles. The summed E-state index contributed by atoms with van der Waals surface area (Å²) >= 11 is 0. The Balaban J connectivity index is 1.05. The normalized spacial score (nSPS) is 16.9. The summed E-state index contributed by atoms with van der Waals surface area (Å²) in [6.07, 6.45) is 2.11. The molecule has 322 valence electrons. The summed E-state index contributed by atoms with van der Waals surface area (Å²) in [7, 11) is 0. The Hall–Kier alpha value is -8.00. The zero-order chi connectivity index (χ0) is 45.2. The second-order valence-corrected chi connectivity index (χ2v) is 19.8. The molecule has 0 saturated heterocycles. The maximum atomic E-state index is 2.59. The van der Waals surface area contributed by atoms with E-state index in [1.807, 2.05) is 0 Å². The fourth-order valence-corrected chi connectivity index (χ4v) is 13.7. The van der Waals surface area contributed by atoms with E-state index in [0.29, 0.717) is 0 Å². The summed E-state index contributed by atoms with van der Waals surface area (Å²) in [4.78, 5) is 2.59. The van der Waals surface area contributed by atoms with Gasteiger partial charge >= 0.3 is 0 Å². The van der Waals surface area contributed by atoms with E-state index in [9.17, 15) is 0 Å². The predicted molar refractivity (Wildman–Crippen MR) is 282 cm³/mol. The molecule has 1 atom stereocenters. The van der Waals surface area contributed by atoms with Gasteiger partial charge in [-0.05, 0) is 138 Å². The number of aryl methyl sites for hydroxylation is 1. The zero-order valence-corrected chi connectivity index (χ0v) is 38.4. The average molecular weight is 868 g/mol. The smallest absolute Gasteiger partial charge is 0.0714 e. The SMILES string of the molecule is CC1(C)c2ccccc2-c2cccc(-c3cccc(N(c4ccc5c(c4)C4(CCc6ccccc64)c4ccccc4-5)c4cccc5c4-c4ccccc4C5(c4ccccc4)c4ccccc4)c3)c21. The fraction of sp³-hybridized carbons (Fsp3) is 0.104. The summed E-state index contributed by atoms with van der Waals surface area (Å²) in [5.74, 6) is 0.